The van der Waals surface area contributed by atoms with E-state index in [9.17, 15) is 4.79 Å². The summed E-state index contributed by atoms with van der Waals surface area (Å²) in [4.78, 5) is 15.4. The Bertz CT molecular complexity index is 485. The smallest absolute Gasteiger partial charge is 0.389 e. The van der Waals surface area contributed by atoms with Gasteiger partial charge in [0.25, 0.3) is 0 Å². The number of benzene rings is 1. The lowest BCUT2D eigenvalue weighted by Gasteiger charge is -2.21. The number of para-hydroxylation sites is 1. The Morgan fingerprint density at radius 1 is 1.19 bits per heavy atom. The summed E-state index contributed by atoms with van der Waals surface area (Å²) in [6.07, 6.45) is 7.60. The van der Waals surface area contributed by atoms with Crippen LogP contribution in [0.5, 0.6) is 0 Å². The number of nitrogens with zero attached hydrogens (tertiary/aromatic N) is 1. The van der Waals surface area contributed by atoms with Gasteiger partial charge < -0.3 is 9.47 Å². The van der Waals surface area contributed by atoms with Crippen LogP contribution in [0.4, 0.5) is 5.69 Å². The number of carbonyl (C=O) groups excluding carboxylic acids is 1. The summed E-state index contributed by atoms with van der Waals surface area (Å²) in [5.41, 5.74) is 1.54. The number of carbonyl (C=O) groups is 1. The molecule has 0 bridgehead atoms. The molecule has 4 nitrogen and oxygen atoms in total. The van der Waals surface area contributed by atoms with E-state index >= 15 is 0 Å². The summed E-state index contributed by atoms with van der Waals surface area (Å²) >= 11 is 0. The quantitative estimate of drug-likeness (QED) is 0.529. The molecular weight excluding hydrogens is 266 g/mol. The van der Waals surface area contributed by atoms with Crippen molar-refractivity contribution < 1.29 is 14.3 Å². The van der Waals surface area contributed by atoms with Gasteiger partial charge >= 0.3 is 6.08 Å². The third-order valence-corrected chi connectivity index (χ3v) is 3.53. The monoisotopic (exact) mass is 289 g/mol. The minimum atomic E-state index is -0.613. The summed E-state index contributed by atoms with van der Waals surface area (Å²) < 4.78 is 11.0. The SMILES string of the molecule is CCCCCCCCOC1=Nc2ccccc2C(C=O)O1. The van der Waals surface area contributed by atoms with Crippen LogP contribution in [0.2, 0.25) is 0 Å². The molecule has 1 heterocycles. The lowest BCUT2D eigenvalue weighted by Crippen LogP contribution is -2.19. The Balaban J connectivity index is 1.79. The van der Waals surface area contributed by atoms with E-state index in [1.807, 2.05) is 24.3 Å². The average molecular weight is 289 g/mol. The molecule has 2 rings (SSSR count). The van der Waals surface area contributed by atoms with Gasteiger partial charge in [-0.2, -0.15) is 4.99 Å². The van der Waals surface area contributed by atoms with Crippen LogP contribution < -0.4 is 0 Å². The van der Waals surface area contributed by atoms with Gasteiger partial charge in [-0.3, -0.25) is 4.79 Å². The Hall–Kier alpha value is -1.84. The summed E-state index contributed by atoms with van der Waals surface area (Å²) in [6.45, 7) is 2.79. The average Bonchev–Trinajstić information content (AvgIpc) is 2.53. The Kier molecular flexibility index (Phi) is 6.25. The topological polar surface area (TPSA) is 47.9 Å². The Morgan fingerprint density at radius 3 is 2.76 bits per heavy atom. The number of ether oxygens (including phenoxy) is 2. The van der Waals surface area contributed by atoms with Crippen LogP contribution in [0, 0.1) is 0 Å². The highest BCUT2D eigenvalue weighted by molar-refractivity contribution is 5.80. The van der Waals surface area contributed by atoms with Crippen LogP contribution in [0.15, 0.2) is 29.3 Å². The molecule has 1 aliphatic heterocycles. The van der Waals surface area contributed by atoms with Crippen molar-refractivity contribution in [3.63, 3.8) is 0 Å². The van der Waals surface area contributed by atoms with Crippen LogP contribution in [0.1, 0.15) is 57.1 Å². The molecule has 0 amide bonds. The number of hydrogen-bond donors (Lipinski definition) is 0. The fourth-order valence-corrected chi connectivity index (χ4v) is 2.34. The van der Waals surface area contributed by atoms with Crippen LogP contribution in [-0.4, -0.2) is 19.0 Å². The second kappa shape index (κ2) is 8.45. The molecule has 0 saturated heterocycles. The molecular formula is C17H23NO3. The van der Waals surface area contributed by atoms with Crippen LogP contribution >= 0.6 is 0 Å². The van der Waals surface area contributed by atoms with E-state index in [-0.39, 0.29) is 6.08 Å². The molecule has 1 atom stereocenters. The molecule has 0 N–H and O–H groups in total. The molecule has 0 aliphatic carbocycles. The van der Waals surface area contributed by atoms with Gasteiger partial charge in [-0.1, -0.05) is 57.2 Å². The second-order valence-electron chi connectivity index (χ2n) is 5.23. The standard InChI is InChI=1S/C17H23NO3/c1-2-3-4-5-6-9-12-20-17-18-15-11-8-7-10-14(15)16(13-19)21-17/h7-8,10-11,13,16H,2-6,9,12H2,1H3. The molecule has 0 saturated carbocycles. The maximum Gasteiger partial charge on any atom is 0.389 e. The van der Waals surface area contributed by atoms with E-state index < -0.39 is 6.10 Å². The van der Waals surface area contributed by atoms with E-state index in [4.69, 9.17) is 9.47 Å². The summed E-state index contributed by atoms with van der Waals surface area (Å²) in [6, 6.07) is 7.47. The highest BCUT2D eigenvalue weighted by Gasteiger charge is 2.23. The van der Waals surface area contributed by atoms with Gasteiger partial charge in [-0.05, 0) is 12.5 Å². The normalized spacial score (nSPS) is 16.6. The molecule has 1 aromatic rings. The highest BCUT2D eigenvalue weighted by atomic mass is 16.7. The van der Waals surface area contributed by atoms with Gasteiger partial charge in [0, 0.05) is 5.56 Å². The van der Waals surface area contributed by atoms with Gasteiger partial charge in [0.1, 0.15) is 0 Å². The predicted octanol–water partition coefficient (Wildman–Crippen LogP) is 4.32. The van der Waals surface area contributed by atoms with E-state index in [0.29, 0.717) is 6.61 Å². The van der Waals surface area contributed by atoms with Crippen LogP contribution in [0.25, 0.3) is 0 Å². The fourth-order valence-electron chi connectivity index (χ4n) is 2.34. The largest absolute Gasteiger partial charge is 0.450 e. The lowest BCUT2D eigenvalue weighted by molar-refractivity contribution is -0.115. The first-order valence-corrected chi connectivity index (χ1v) is 7.77. The zero-order valence-electron chi connectivity index (χ0n) is 12.6. The molecule has 0 fully saturated rings. The van der Waals surface area contributed by atoms with Crippen molar-refractivity contribution >= 4 is 18.1 Å². The molecule has 21 heavy (non-hydrogen) atoms. The van der Waals surface area contributed by atoms with Gasteiger partial charge in [0.15, 0.2) is 12.4 Å². The predicted molar refractivity (Wildman–Crippen MR) is 82.8 cm³/mol. The van der Waals surface area contributed by atoms with E-state index in [0.717, 1.165) is 30.4 Å². The molecule has 0 spiro atoms. The summed E-state index contributed by atoms with van der Waals surface area (Å²) in [5.74, 6) is 0. The van der Waals surface area contributed by atoms with Crippen molar-refractivity contribution in [2.45, 2.75) is 51.6 Å². The lowest BCUT2D eigenvalue weighted by atomic mass is 10.1. The minimum absolute atomic E-state index is 0.208. The van der Waals surface area contributed by atoms with Gasteiger partial charge in [-0.25, -0.2) is 0 Å². The Morgan fingerprint density at radius 2 is 1.95 bits per heavy atom. The van der Waals surface area contributed by atoms with Crippen molar-refractivity contribution in [1.82, 2.24) is 0 Å². The van der Waals surface area contributed by atoms with Crippen molar-refractivity contribution in [3.8, 4) is 0 Å². The third-order valence-electron chi connectivity index (χ3n) is 3.53. The number of aldehydes is 1. The fraction of sp³-hybridized carbons (Fsp3) is 0.529. The molecule has 1 aliphatic rings. The summed E-state index contributed by atoms with van der Waals surface area (Å²) in [7, 11) is 0. The van der Waals surface area contributed by atoms with Crippen molar-refractivity contribution in [3.05, 3.63) is 29.8 Å². The van der Waals surface area contributed by atoms with Crippen molar-refractivity contribution in [2.75, 3.05) is 6.61 Å². The maximum atomic E-state index is 11.1. The molecule has 114 valence electrons. The van der Waals surface area contributed by atoms with E-state index in [1.54, 1.807) is 0 Å². The van der Waals surface area contributed by atoms with Crippen LogP contribution in [0.3, 0.4) is 0 Å². The van der Waals surface area contributed by atoms with Crippen molar-refractivity contribution in [1.29, 1.82) is 0 Å². The zero-order valence-corrected chi connectivity index (χ0v) is 12.6. The van der Waals surface area contributed by atoms with Gasteiger partial charge in [-0.15, -0.1) is 0 Å². The van der Waals surface area contributed by atoms with E-state index in [1.165, 1.54) is 25.7 Å². The number of fused-ring (bicyclic) bond motifs is 1. The molecule has 0 aromatic heterocycles. The van der Waals surface area contributed by atoms with Gasteiger partial charge in [0.05, 0.1) is 12.3 Å². The number of rotatable bonds is 8. The van der Waals surface area contributed by atoms with Crippen LogP contribution in [-0.2, 0) is 14.3 Å². The Labute approximate surface area is 126 Å². The maximum absolute atomic E-state index is 11.1. The van der Waals surface area contributed by atoms with Crippen molar-refractivity contribution in [2.24, 2.45) is 4.99 Å². The zero-order chi connectivity index (χ0) is 14.9. The number of aliphatic imine (C=N–C) groups is 1. The summed E-state index contributed by atoms with van der Waals surface area (Å²) in [5, 5.41) is 0. The first-order chi connectivity index (χ1) is 10.3. The molecule has 1 unspecified atom stereocenters. The van der Waals surface area contributed by atoms with Gasteiger partial charge in [0.2, 0.25) is 0 Å². The third kappa shape index (κ3) is 4.59. The number of hydrogen-bond acceptors (Lipinski definition) is 4. The molecule has 4 heteroatoms. The van der Waals surface area contributed by atoms with E-state index in [2.05, 4.69) is 11.9 Å². The second-order valence-corrected chi connectivity index (χ2v) is 5.23. The highest BCUT2D eigenvalue weighted by Crippen LogP contribution is 2.31. The molecule has 0 radical (unpaired) electrons. The first kappa shape index (κ1) is 15.5. The minimum Gasteiger partial charge on any atom is -0.450 e. The number of unbranched alkanes of at least 4 members (excludes halogenated alkanes) is 5. The first-order valence-electron chi connectivity index (χ1n) is 7.77. The molecule has 1 aromatic carbocycles.